The number of benzene rings is 2. The third kappa shape index (κ3) is 4.53. The van der Waals surface area contributed by atoms with Crippen molar-refractivity contribution in [2.24, 2.45) is 0 Å². The van der Waals surface area contributed by atoms with Gasteiger partial charge in [-0.3, -0.25) is 0 Å². The van der Waals surface area contributed by atoms with Crippen LogP contribution in [-0.4, -0.2) is 17.6 Å². The van der Waals surface area contributed by atoms with Crippen molar-refractivity contribution < 1.29 is 17.9 Å². The van der Waals surface area contributed by atoms with Crippen molar-refractivity contribution in [3.63, 3.8) is 0 Å². The summed E-state index contributed by atoms with van der Waals surface area (Å²) in [5.74, 6) is 0. The first-order chi connectivity index (χ1) is 14.8. The summed E-state index contributed by atoms with van der Waals surface area (Å²) >= 11 is -1.39. The molecule has 0 N–H and O–H groups in total. The molecule has 1 aliphatic rings. The Morgan fingerprint density at radius 3 is 1.75 bits per heavy atom. The summed E-state index contributed by atoms with van der Waals surface area (Å²) in [5, 5.41) is 8.53. The van der Waals surface area contributed by atoms with Crippen molar-refractivity contribution in [3.8, 4) is 0 Å². The van der Waals surface area contributed by atoms with E-state index in [1.165, 1.54) is 11.1 Å². The summed E-state index contributed by atoms with van der Waals surface area (Å²) in [6, 6.07) is 17.2. The zero-order chi connectivity index (χ0) is 24.0. The first-order valence-electron chi connectivity index (χ1n) is 12.1. The van der Waals surface area contributed by atoms with Gasteiger partial charge in [0.2, 0.25) is 0 Å². The Labute approximate surface area is 207 Å². The Balaban J connectivity index is 2.25. The van der Waals surface area contributed by atoms with E-state index in [1.54, 1.807) is 38.2 Å². The molecule has 3 heteroatoms. The van der Waals surface area contributed by atoms with Gasteiger partial charge in [0.1, 0.15) is 0 Å². The van der Waals surface area contributed by atoms with Crippen molar-refractivity contribution >= 4 is 28.0 Å². The maximum atomic E-state index is 2.62. The van der Waals surface area contributed by atoms with Gasteiger partial charge >= 0.3 is 208 Å². The second-order valence-electron chi connectivity index (χ2n) is 11.4. The minimum absolute atomic E-state index is 0.290. The molecule has 2 aromatic rings. The second kappa shape index (κ2) is 9.37. The zero-order valence-electron chi connectivity index (χ0n) is 22.3. The average Bonchev–Trinajstić information content (AvgIpc) is 2.87. The second-order valence-corrected chi connectivity index (χ2v) is 22.9. The maximum absolute atomic E-state index is 2.62. The summed E-state index contributed by atoms with van der Waals surface area (Å²) in [4.78, 5) is 0. The van der Waals surface area contributed by atoms with Gasteiger partial charge < -0.3 is 0 Å². The topological polar surface area (TPSA) is 0 Å². The molecule has 32 heavy (non-hydrogen) atoms. The van der Waals surface area contributed by atoms with Gasteiger partial charge in [0.25, 0.3) is 0 Å². The van der Waals surface area contributed by atoms with Gasteiger partial charge in [-0.25, -0.2) is 0 Å². The van der Waals surface area contributed by atoms with E-state index in [9.17, 15) is 0 Å². The molecule has 0 bridgehead atoms. The molecule has 0 spiro atoms. The van der Waals surface area contributed by atoms with E-state index < -0.39 is 35.5 Å². The molecule has 3 rings (SSSR count). The number of hydrogen-bond acceptors (Lipinski definition) is 0. The van der Waals surface area contributed by atoms with Crippen LogP contribution in [0.25, 0.3) is 0 Å². The van der Waals surface area contributed by atoms with Crippen LogP contribution in [0, 0.1) is 13.8 Å². The van der Waals surface area contributed by atoms with Crippen LogP contribution < -0.4 is 10.4 Å². The van der Waals surface area contributed by atoms with E-state index in [1.807, 2.05) is 0 Å². The van der Waals surface area contributed by atoms with E-state index in [4.69, 9.17) is 0 Å². The van der Waals surface area contributed by atoms with Gasteiger partial charge in [-0.2, -0.15) is 0 Å². The van der Waals surface area contributed by atoms with Gasteiger partial charge in [0.05, 0.1) is 0 Å². The third-order valence-electron chi connectivity index (χ3n) is 8.10. The van der Waals surface area contributed by atoms with Crippen LogP contribution in [0.5, 0.6) is 0 Å². The Morgan fingerprint density at radius 1 is 0.750 bits per heavy atom. The van der Waals surface area contributed by atoms with Crippen LogP contribution >= 0.6 is 0 Å². The van der Waals surface area contributed by atoms with Crippen LogP contribution in [0.4, 0.5) is 0 Å². The molecule has 171 valence electrons. The molecular weight excluding hydrogens is 452 g/mol. The van der Waals surface area contributed by atoms with Gasteiger partial charge in [-0.05, 0) is 0 Å². The van der Waals surface area contributed by atoms with Crippen molar-refractivity contribution in [1.29, 1.82) is 0 Å². The van der Waals surface area contributed by atoms with E-state index in [0.29, 0.717) is 9.26 Å². The molecule has 0 fully saturated rings. The number of hydrogen-bond donors (Lipinski definition) is 0. The summed E-state index contributed by atoms with van der Waals surface area (Å²) < 4.78 is 0.290. The summed E-state index contributed by atoms with van der Waals surface area (Å²) in [6.45, 7) is 21.7. The first kappa shape index (κ1) is 25.7. The zero-order valence-corrected chi connectivity index (χ0v) is 26.3. The van der Waals surface area contributed by atoms with Gasteiger partial charge in [-0.15, -0.1) is 0 Å². The van der Waals surface area contributed by atoms with Crippen molar-refractivity contribution in [3.05, 3.63) is 81.4 Å². The Bertz CT molecular complexity index is 1040. The SMILES string of the molecule is CC1=C(C)[C](C([SiH2]c2cc(C)cc([Si](C)(C)C)c2)c2ccc(C)cc2)([Ti]([CH3])[CH3])C(C)=C1C. The third-order valence-corrected chi connectivity index (χ3v) is 17.3. The van der Waals surface area contributed by atoms with Crippen LogP contribution in [0.3, 0.4) is 0 Å². The molecular formula is C29H43Si2Ti. The molecule has 0 saturated heterocycles. The van der Waals surface area contributed by atoms with Crippen molar-refractivity contribution in [2.45, 2.75) is 80.9 Å². The first-order valence-corrected chi connectivity index (χ1v) is 21.1. The Morgan fingerprint density at radius 2 is 1.28 bits per heavy atom. The summed E-state index contributed by atoms with van der Waals surface area (Å²) in [5.41, 5.74) is 11.5. The van der Waals surface area contributed by atoms with Gasteiger partial charge in [-0.1, -0.05) is 0 Å². The predicted octanol–water partition coefficient (Wildman–Crippen LogP) is 6.94. The summed E-state index contributed by atoms with van der Waals surface area (Å²) in [7, 11) is -1.89. The van der Waals surface area contributed by atoms with E-state index in [-0.39, 0.29) is 0 Å². The Kier molecular flexibility index (Phi) is 7.52. The Hall–Kier alpha value is -0.932. The average molecular weight is 496 g/mol. The summed E-state index contributed by atoms with van der Waals surface area (Å²) in [6.07, 6.45) is 0. The quantitative estimate of drug-likeness (QED) is 0.381. The molecule has 0 aromatic heterocycles. The molecule has 0 amide bonds. The number of rotatable bonds is 6. The fraction of sp³-hybridized carbons (Fsp3) is 0.448. The van der Waals surface area contributed by atoms with Crippen LogP contribution in [0.1, 0.15) is 49.9 Å². The molecule has 0 heterocycles. The normalized spacial score (nSPS) is 17.6. The fourth-order valence-corrected chi connectivity index (χ4v) is 16.6. The van der Waals surface area contributed by atoms with E-state index in [2.05, 4.69) is 114 Å². The van der Waals surface area contributed by atoms with Crippen LogP contribution in [-0.2, 0) is 17.9 Å². The van der Waals surface area contributed by atoms with Crippen LogP contribution in [0.15, 0.2) is 64.8 Å². The molecule has 2 aromatic carbocycles. The molecule has 0 saturated carbocycles. The molecule has 0 radical (unpaired) electrons. The predicted molar refractivity (Wildman–Crippen MR) is 147 cm³/mol. The van der Waals surface area contributed by atoms with E-state index >= 15 is 0 Å². The minimum atomic E-state index is -1.39. The van der Waals surface area contributed by atoms with Gasteiger partial charge in [0, 0.05) is 0 Å². The number of allylic oxidation sites excluding steroid dienone is 4. The van der Waals surface area contributed by atoms with Crippen LogP contribution in [0.2, 0.25) is 33.8 Å². The molecule has 1 atom stereocenters. The van der Waals surface area contributed by atoms with Gasteiger partial charge in [0.15, 0.2) is 0 Å². The van der Waals surface area contributed by atoms with Crippen molar-refractivity contribution in [2.75, 3.05) is 0 Å². The molecule has 1 unspecified atom stereocenters. The standard InChI is InChI=1S/C27H37Si2.2CH3.Ti/c1-17-10-12-23(13-11-17)27(26-21(5)19(3)20(4)22(26)6)28-24-14-18(2)15-25(16-24)29(7,8)9;;;/h10-16,27H,28H2,1-9H3;2*1H3;. The molecule has 0 nitrogen and oxygen atoms in total. The molecule has 0 aliphatic heterocycles. The van der Waals surface area contributed by atoms with E-state index in [0.717, 1.165) is 0 Å². The molecule has 1 aliphatic carbocycles. The monoisotopic (exact) mass is 495 g/mol. The van der Waals surface area contributed by atoms with Crippen molar-refractivity contribution in [1.82, 2.24) is 0 Å². The number of aryl methyl sites for hydroxylation is 2. The fourth-order valence-electron chi connectivity index (χ4n) is 6.03.